The van der Waals surface area contributed by atoms with Crippen molar-refractivity contribution >= 4 is 5.91 Å². The van der Waals surface area contributed by atoms with Crippen LogP contribution in [0.2, 0.25) is 0 Å². The van der Waals surface area contributed by atoms with E-state index in [9.17, 15) is 10.1 Å². The van der Waals surface area contributed by atoms with Crippen LogP contribution in [0.15, 0.2) is 36.0 Å². The van der Waals surface area contributed by atoms with Gasteiger partial charge in [-0.1, -0.05) is 44.0 Å². The Morgan fingerprint density at radius 2 is 1.88 bits per heavy atom. The average Bonchev–Trinajstić information content (AvgIpc) is 2.88. The minimum absolute atomic E-state index is 0.121. The van der Waals surface area contributed by atoms with Crippen LogP contribution in [0.3, 0.4) is 0 Å². The van der Waals surface area contributed by atoms with E-state index in [-0.39, 0.29) is 17.5 Å². The van der Waals surface area contributed by atoms with E-state index in [0.717, 1.165) is 37.9 Å². The Morgan fingerprint density at radius 1 is 1.25 bits per heavy atom. The van der Waals surface area contributed by atoms with Gasteiger partial charge >= 0.3 is 0 Å². The molecule has 2 rings (SSSR count). The zero-order valence-electron chi connectivity index (χ0n) is 14.7. The maximum Gasteiger partial charge on any atom is 0.263 e. The number of carbonyl (C=O) groups excluding carboxylic acids is 1. The van der Waals surface area contributed by atoms with Gasteiger partial charge in [-0.2, -0.15) is 5.26 Å². The Labute approximate surface area is 145 Å². The first-order chi connectivity index (χ1) is 11.6. The number of aryl methyl sites for hydroxylation is 1. The first-order valence-electron chi connectivity index (χ1n) is 8.89. The van der Waals surface area contributed by atoms with Gasteiger partial charge in [-0.3, -0.25) is 4.79 Å². The van der Waals surface area contributed by atoms with Crippen molar-refractivity contribution in [3.05, 3.63) is 47.2 Å². The monoisotopic (exact) mass is 325 g/mol. The molecule has 1 unspecified atom stereocenters. The highest BCUT2D eigenvalue weighted by atomic mass is 16.1. The molecule has 128 valence electrons. The molecule has 1 fully saturated rings. The molecule has 1 amide bonds. The SMILES string of the molecule is CCc1ccc(C(C)NC(=O)/C(C#N)=C\N2CCCCCC2)cc1. The van der Waals surface area contributed by atoms with Crippen LogP contribution >= 0.6 is 0 Å². The standard InChI is InChI=1S/C20H27N3O/c1-3-17-8-10-18(11-9-17)16(2)22-20(24)19(14-21)15-23-12-6-4-5-7-13-23/h8-11,15-16H,3-7,12-13H2,1-2H3,(H,22,24)/b19-15-. The maximum atomic E-state index is 12.4. The third-order valence-corrected chi connectivity index (χ3v) is 4.55. The number of hydrogen-bond donors (Lipinski definition) is 1. The number of nitrogens with zero attached hydrogens (tertiary/aromatic N) is 2. The minimum atomic E-state index is -0.297. The van der Waals surface area contributed by atoms with Crippen molar-refractivity contribution in [2.75, 3.05) is 13.1 Å². The molecule has 1 aromatic carbocycles. The molecule has 0 radical (unpaired) electrons. The van der Waals surface area contributed by atoms with Crippen LogP contribution in [-0.4, -0.2) is 23.9 Å². The van der Waals surface area contributed by atoms with Gasteiger partial charge in [0.2, 0.25) is 0 Å². The van der Waals surface area contributed by atoms with Gasteiger partial charge < -0.3 is 10.2 Å². The van der Waals surface area contributed by atoms with Crippen LogP contribution in [0.25, 0.3) is 0 Å². The molecule has 1 N–H and O–H groups in total. The van der Waals surface area contributed by atoms with E-state index in [1.165, 1.54) is 18.4 Å². The lowest BCUT2D eigenvalue weighted by molar-refractivity contribution is -0.117. The van der Waals surface area contributed by atoms with Crippen molar-refractivity contribution in [3.63, 3.8) is 0 Å². The molecule has 0 aromatic heterocycles. The van der Waals surface area contributed by atoms with E-state index in [4.69, 9.17) is 0 Å². The topological polar surface area (TPSA) is 56.1 Å². The van der Waals surface area contributed by atoms with E-state index >= 15 is 0 Å². The Bertz CT molecular complexity index is 605. The third-order valence-electron chi connectivity index (χ3n) is 4.55. The van der Waals surface area contributed by atoms with Gasteiger partial charge in [-0.15, -0.1) is 0 Å². The fourth-order valence-electron chi connectivity index (χ4n) is 2.94. The summed E-state index contributed by atoms with van der Waals surface area (Å²) >= 11 is 0. The summed E-state index contributed by atoms with van der Waals surface area (Å²) in [5, 5.41) is 12.3. The number of nitrogens with one attached hydrogen (secondary N) is 1. The van der Waals surface area contributed by atoms with Crippen molar-refractivity contribution in [2.45, 2.75) is 52.0 Å². The van der Waals surface area contributed by atoms with Crippen LogP contribution in [0, 0.1) is 11.3 Å². The molecule has 0 aliphatic carbocycles. The highest BCUT2D eigenvalue weighted by Gasteiger charge is 2.15. The lowest BCUT2D eigenvalue weighted by atomic mass is 10.0. The van der Waals surface area contributed by atoms with Gasteiger partial charge in [-0.25, -0.2) is 0 Å². The number of carbonyl (C=O) groups is 1. The zero-order chi connectivity index (χ0) is 17.4. The molecule has 1 saturated heterocycles. The number of hydrogen-bond acceptors (Lipinski definition) is 3. The smallest absolute Gasteiger partial charge is 0.263 e. The molecule has 1 aliphatic heterocycles. The van der Waals surface area contributed by atoms with Gasteiger partial charge in [0.1, 0.15) is 11.6 Å². The van der Waals surface area contributed by atoms with Crippen LogP contribution in [-0.2, 0) is 11.2 Å². The van der Waals surface area contributed by atoms with Crippen LogP contribution in [0.1, 0.15) is 56.7 Å². The van der Waals surface area contributed by atoms with E-state index in [0.29, 0.717) is 0 Å². The zero-order valence-corrected chi connectivity index (χ0v) is 14.7. The fraction of sp³-hybridized carbons (Fsp3) is 0.500. The number of benzene rings is 1. The molecular weight excluding hydrogens is 298 g/mol. The number of nitriles is 1. The Morgan fingerprint density at radius 3 is 2.42 bits per heavy atom. The molecule has 0 spiro atoms. The van der Waals surface area contributed by atoms with Gasteiger partial charge in [0.25, 0.3) is 5.91 Å². The van der Waals surface area contributed by atoms with E-state index < -0.39 is 0 Å². The molecule has 1 heterocycles. The second-order valence-electron chi connectivity index (χ2n) is 6.40. The summed E-state index contributed by atoms with van der Waals surface area (Å²) in [6, 6.07) is 10.2. The summed E-state index contributed by atoms with van der Waals surface area (Å²) in [7, 11) is 0. The van der Waals surface area contributed by atoms with E-state index in [2.05, 4.69) is 35.3 Å². The highest BCUT2D eigenvalue weighted by molar-refractivity contribution is 5.97. The summed E-state index contributed by atoms with van der Waals surface area (Å²) in [6.07, 6.45) is 7.42. The van der Waals surface area contributed by atoms with Gasteiger partial charge in [0.05, 0.1) is 6.04 Å². The van der Waals surface area contributed by atoms with Gasteiger partial charge in [0.15, 0.2) is 0 Å². The summed E-state index contributed by atoms with van der Waals surface area (Å²) in [5.74, 6) is -0.297. The summed E-state index contributed by atoms with van der Waals surface area (Å²) in [6.45, 7) is 5.91. The second-order valence-corrected chi connectivity index (χ2v) is 6.40. The van der Waals surface area contributed by atoms with Crippen molar-refractivity contribution in [2.24, 2.45) is 0 Å². The maximum absolute atomic E-state index is 12.4. The predicted octanol–water partition coefficient (Wildman–Crippen LogP) is 3.71. The fourth-order valence-corrected chi connectivity index (χ4v) is 2.94. The number of rotatable bonds is 5. The quantitative estimate of drug-likeness (QED) is 0.663. The number of likely N-dealkylation sites (tertiary alicyclic amines) is 1. The summed E-state index contributed by atoms with van der Waals surface area (Å²) in [5.41, 5.74) is 2.51. The molecule has 4 nitrogen and oxygen atoms in total. The first-order valence-corrected chi connectivity index (χ1v) is 8.89. The molecule has 4 heteroatoms. The highest BCUT2D eigenvalue weighted by Crippen LogP contribution is 2.15. The van der Waals surface area contributed by atoms with Crippen LogP contribution in [0.5, 0.6) is 0 Å². The Hall–Kier alpha value is -2.28. The van der Waals surface area contributed by atoms with Gasteiger partial charge in [0, 0.05) is 19.3 Å². The van der Waals surface area contributed by atoms with Crippen LogP contribution < -0.4 is 5.32 Å². The molecule has 24 heavy (non-hydrogen) atoms. The van der Waals surface area contributed by atoms with E-state index in [1.807, 2.05) is 19.1 Å². The number of amides is 1. The minimum Gasteiger partial charge on any atom is -0.376 e. The Balaban J connectivity index is 2.00. The molecule has 0 bridgehead atoms. The normalized spacial score (nSPS) is 16.9. The van der Waals surface area contributed by atoms with Crippen molar-refractivity contribution in [1.82, 2.24) is 10.2 Å². The lowest BCUT2D eigenvalue weighted by Gasteiger charge is -2.19. The summed E-state index contributed by atoms with van der Waals surface area (Å²) < 4.78 is 0. The molecule has 1 aromatic rings. The van der Waals surface area contributed by atoms with Crippen molar-refractivity contribution < 1.29 is 4.79 Å². The molecule has 0 saturated carbocycles. The largest absolute Gasteiger partial charge is 0.376 e. The van der Waals surface area contributed by atoms with Gasteiger partial charge in [-0.05, 0) is 37.3 Å². The lowest BCUT2D eigenvalue weighted by Crippen LogP contribution is -2.29. The van der Waals surface area contributed by atoms with Crippen LogP contribution in [0.4, 0.5) is 0 Å². The Kier molecular flexibility index (Phi) is 6.87. The average molecular weight is 325 g/mol. The van der Waals surface area contributed by atoms with Crippen molar-refractivity contribution in [1.29, 1.82) is 5.26 Å². The molecular formula is C20H27N3O. The molecule has 1 atom stereocenters. The van der Waals surface area contributed by atoms with E-state index in [1.54, 1.807) is 6.20 Å². The third kappa shape index (κ3) is 5.13. The van der Waals surface area contributed by atoms with Crippen molar-refractivity contribution in [3.8, 4) is 6.07 Å². The molecule has 1 aliphatic rings. The predicted molar refractivity (Wildman–Crippen MR) is 96.1 cm³/mol. The second kappa shape index (κ2) is 9.12. The summed E-state index contributed by atoms with van der Waals surface area (Å²) in [4.78, 5) is 14.5. The first kappa shape index (κ1) is 18.1.